The lowest BCUT2D eigenvalue weighted by Crippen LogP contribution is -2.59. The van der Waals surface area contributed by atoms with E-state index in [0.717, 1.165) is 5.56 Å². The van der Waals surface area contributed by atoms with E-state index in [1.54, 1.807) is 39.5 Å². The summed E-state index contributed by atoms with van der Waals surface area (Å²) in [6.45, 7) is 12.7. The zero-order valence-electron chi connectivity index (χ0n) is 31.2. The van der Waals surface area contributed by atoms with E-state index in [9.17, 15) is 33.9 Å². The predicted molar refractivity (Wildman–Crippen MR) is 190 cm³/mol. The van der Waals surface area contributed by atoms with Crippen molar-refractivity contribution in [3.63, 3.8) is 0 Å². The average molecular weight is 719 g/mol. The molecule has 7 atom stereocenters. The normalized spacial score (nSPS) is 18.4. The number of methoxy groups -OCH3 is 1. The molecule has 0 radical (unpaired) electrons. The van der Waals surface area contributed by atoms with Crippen molar-refractivity contribution in [2.24, 2.45) is 17.6 Å². The summed E-state index contributed by atoms with van der Waals surface area (Å²) in [5.74, 6) is -3.55. The lowest BCUT2D eigenvalue weighted by molar-refractivity contribution is -0.147. The number of hydrogen-bond donors (Lipinski definition) is 6. The highest BCUT2D eigenvalue weighted by atomic mass is 16.6. The van der Waals surface area contributed by atoms with Crippen LogP contribution in [0.25, 0.3) is 0 Å². The summed E-state index contributed by atoms with van der Waals surface area (Å²) < 4.78 is 10.1. The van der Waals surface area contributed by atoms with Crippen LogP contribution in [-0.2, 0) is 39.9 Å². The van der Waals surface area contributed by atoms with Gasteiger partial charge in [-0.3, -0.25) is 24.1 Å². The number of nitrogens with zero attached hydrogens (tertiary/aromatic N) is 1. The van der Waals surface area contributed by atoms with Gasteiger partial charge in [0.2, 0.25) is 23.6 Å². The highest BCUT2D eigenvalue weighted by molar-refractivity contribution is 5.92. The number of carbonyl (C=O) groups excluding carboxylic acids is 6. The first-order valence-corrected chi connectivity index (χ1v) is 17.6. The Kier molecular flexibility index (Phi) is 16.8. The number of aliphatic hydroxyl groups excluding tert-OH is 1. The molecular weight excluding hydrogens is 660 g/mol. The third-order valence-corrected chi connectivity index (χ3v) is 8.80. The Morgan fingerprint density at radius 1 is 0.961 bits per heavy atom. The minimum absolute atomic E-state index is 0.00614. The molecule has 286 valence electrons. The van der Waals surface area contributed by atoms with Crippen LogP contribution in [-0.4, -0.2) is 108 Å². The molecule has 0 unspecified atom stereocenters. The second-order valence-corrected chi connectivity index (χ2v) is 14.5. The second-order valence-electron chi connectivity index (χ2n) is 14.5. The number of β-amino-alcohol motifs (C(OH)–C–C–N with tert-alkyl or cyclic N) is 1. The van der Waals surface area contributed by atoms with Crippen LogP contribution in [0.3, 0.4) is 0 Å². The molecule has 2 rings (SSSR count). The van der Waals surface area contributed by atoms with Crippen molar-refractivity contribution in [1.29, 1.82) is 0 Å². The zero-order valence-corrected chi connectivity index (χ0v) is 31.2. The summed E-state index contributed by atoms with van der Waals surface area (Å²) in [5, 5.41) is 22.4. The largest absolute Gasteiger partial charge is 0.467 e. The number of nitrogens with one attached hydrogen (secondary N) is 4. The Labute approximate surface area is 301 Å². The monoisotopic (exact) mass is 718 g/mol. The van der Waals surface area contributed by atoms with Gasteiger partial charge in [0.05, 0.1) is 31.7 Å². The van der Waals surface area contributed by atoms with Gasteiger partial charge in [-0.2, -0.15) is 0 Å². The van der Waals surface area contributed by atoms with E-state index in [0.29, 0.717) is 25.8 Å². The minimum atomic E-state index is -1.37. The predicted octanol–water partition coefficient (Wildman–Crippen LogP) is 1.15. The first-order valence-electron chi connectivity index (χ1n) is 17.6. The van der Waals surface area contributed by atoms with Crippen LogP contribution in [0.4, 0.5) is 4.79 Å². The van der Waals surface area contributed by atoms with Crippen LogP contribution in [0.2, 0.25) is 0 Å². The van der Waals surface area contributed by atoms with Gasteiger partial charge in [-0.05, 0) is 64.0 Å². The molecule has 0 bridgehead atoms. The average Bonchev–Trinajstić information content (AvgIpc) is 3.51. The molecule has 0 aromatic heterocycles. The number of esters is 1. The van der Waals surface area contributed by atoms with E-state index in [4.69, 9.17) is 15.2 Å². The Balaban J connectivity index is 2.26. The Hall–Kier alpha value is -4.24. The van der Waals surface area contributed by atoms with E-state index >= 15 is 0 Å². The highest BCUT2D eigenvalue weighted by Crippen LogP contribution is 2.21. The van der Waals surface area contributed by atoms with Crippen LogP contribution < -0.4 is 27.0 Å². The van der Waals surface area contributed by atoms with Gasteiger partial charge in [0.25, 0.3) is 0 Å². The van der Waals surface area contributed by atoms with Gasteiger partial charge in [-0.15, -0.1) is 0 Å². The van der Waals surface area contributed by atoms with Gasteiger partial charge >= 0.3 is 12.1 Å². The maximum atomic E-state index is 13.7. The molecule has 1 aliphatic heterocycles. The summed E-state index contributed by atoms with van der Waals surface area (Å²) in [5.41, 5.74) is 5.33. The standard InChI is InChI=1S/C36H58N6O9/c1-9-22(4)30(33(47)40-29(21(2)3)34(48)50-8)41-32(46)26-16-13-17-42(26)20-27(43)24(18-23-14-11-10-12-15-23)38-31(45)25(19-28(37)44)39-35(49)51-36(5,6)7/h10-12,14-15,21-22,24-27,29-30,43H,9,13,16-20H2,1-8H3,(H2,37,44)(H,38,45)(H,39,49)(H,40,47)(H,41,46)/t22-,24-,25-,26-,27-,29-,30-/m0/s1. The van der Waals surface area contributed by atoms with E-state index in [1.165, 1.54) is 7.11 Å². The highest BCUT2D eigenvalue weighted by Gasteiger charge is 2.38. The number of ether oxygens (including phenoxy) is 2. The molecular formula is C36H58N6O9. The number of carbonyl (C=O) groups is 6. The quantitative estimate of drug-likeness (QED) is 0.119. The molecule has 0 spiro atoms. The summed E-state index contributed by atoms with van der Waals surface area (Å²) in [7, 11) is 1.25. The lowest BCUT2D eigenvalue weighted by Gasteiger charge is -2.33. The fourth-order valence-electron chi connectivity index (χ4n) is 5.82. The first kappa shape index (κ1) is 42.9. The first-order chi connectivity index (χ1) is 23.9. The van der Waals surface area contributed by atoms with Crippen molar-refractivity contribution in [2.45, 2.75) is 122 Å². The molecule has 15 heteroatoms. The Bertz CT molecular complexity index is 1340. The lowest BCUT2D eigenvalue weighted by atomic mass is 9.96. The van der Waals surface area contributed by atoms with E-state index in [-0.39, 0.29) is 24.8 Å². The SMILES string of the molecule is CC[C@H](C)[C@H](NC(=O)[C@@H]1CCCN1C[C@H](O)[C@H](Cc1ccccc1)NC(=O)[C@H](CC(N)=O)NC(=O)OC(C)(C)C)C(=O)N[C@H](C(=O)OC)C(C)C. The maximum Gasteiger partial charge on any atom is 0.408 e. The van der Waals surface area contributed by atoms with Crippen molar-refractivity contribution in [3.05, 3.63) is 35.9 Å². The topological polar surface area (TPSA) is 218 Å². The molecule has 0 saturated carbocycles. The molecule has 51 heavy (non-hydrogen) atoms. The summed E-state index contributed by atoms with van der Waals surface area (Å²) >= 11 is 0. The number of likely N-dealkylation sites (tertiary alicyclic amines) is 1. The third-order valence-electron chi connectivity index (χ3n) is 8.80. The van der Waals surface area contributed by atoms with Gasteiger partial charge in [0, 0.05) is 6.54 Å². The number of rotatable bonds is 18. The molecule has 15 nitrogen and oxygen atoms in total. The van der Waals surface area contributed by atoms with Crippen molar-refractivity contribution in [3.8, 4) is 0 Å². The van der Waals surface area contributed by atoms with Crippen molar-refractivity contribution < 1.29 is 43.3 Å². The number of hydrogen-bond acceptors (Lipinski definition) is 10. The Morgan fingerprint density at radius 3 is 2.16 bits per heavy atom. The number of aliphatic hydroxyl groups is 1. The van der Waals surface area contributed by atoms with Gasteiger partial charge < -0.3 is 41.6 Å². The van der Waals surface area contributed by atoms with Crippen molar-refractivity contribution in [2.75, 3.05) is 20.2 Å². The van der Waals surface area contributed by atoms with Crippen LogP contribution in [0.1, 0.15) is 79.7 Å². The molecule has 1 saturated heterocycles. The molecule has 1 aliphatic rings. The van der Waals surface area contributed by atoms with Gasteiger partial charge in [-0.25, -0.2) is 9.59 Å². The van der Waals surface area contributed by atoms with E-state index in [1.807, 2.05) is 44.2 Å². The number of nitrogens with two attached hydrogens (primary N) is 1. The number of alkyl carbamates (subject to hydrolysis) is 1. The van der Waals surface area contributed by atoms with Gasteiger partial charge in [0.1, 0.15) is 23.7 Å². The summed E-state index contributed by atoms with van der Waals surface area (Å²) in [6, 6.07) is 4.39. The molecule has 1 fully saturated rings. The molecule has 0 aliphatic carbocycles. The van der Waals surface area contributed by atoms with E-state index < -0.39 is 84.0 Å². The van der Waals surface area contributed by atoms with Crippen LogP contribution in [0.15, 0.2) is 30.3 Å². The van der Waals surface area contributed by atoms with Gasteiger partial charge in [-0.1, -0.05) is 64.4 Å². The number of benzene rings is 1. The van der Waals surface area contributed by atoms with Gasteiger partial charge in [0.15, 0.2) is 0 Å². The van der Waals surface area contributed by atoms with E-state index in [2.05, 4.69) is 21.3 Å². The Morgan fingerprint density at radius 2 is 1.61 bits per heavy atom. The van der Waals surface area contributed by atoms with Crippen LogP contribution in [0.5, 0.6) is 0 Å². The third kappa shape index (κ3) is 14.1. The number of primary amides is 1. The molecule has 1 heterocycles. The van der Waals surface area contributed by atoms with Crippen LogP contribution >= 0.6 is 0 Å². The molecule has 7 N–H and O–H groups in total. The second kappa shape index (κ2) is 20.0. The van der Waals surface area contributed by atoms with Crippen LogP contribution in [0, 0.1) is 11.8 Å². The smallest absolute Gasteiger partial charge is 0.408 e. The fourth-order valence-corrected chi connectivity index (χ4v) is 5.82. The zero-order chi connectivity index (χ0) is 38.5. The molecule has 5 amide bonds. The maximum absolute atomic E-state index is 13.7. The molecule has 1 aromatic carbocycles. The van der Waals surface area contributed by atoms with Crippen molar-refractivity contribution >= 4 is 35.7 Å². The fraction of sp³-hybridized carbons (Fsp3) is 0.667. The number of amides is 5. The summed E-state index contributed by atoms with van der Waals surface area (Å²) in [4.78, 5) is 79.1. The molecule has 1 aromatic rings. The minimum Gasteiger partial charge on any atom is -0.467 e. The van der Waals surface area contributed by atoms with Crippen molar-refractivity contribution in [1.82, 2.24) is 26.2 Å². The summed E-state index contributed by atoms with van der Waals surface area (Å²) in [6.07, 6.45) is -0.712.